The molecule has 1 N–H and O–H groups in total. The molecule has 1 unspecified atom stereocenters. The Hall–Kier alpha value is -2.68. The standard InChI is InChI=1S/C16H17FN4O/c1-9-10(2)20-21-16(13(9)8-18)19-11(3)12-5-6-15(22-4)14(17)7-12/h5-7,11H,1-4H3,(H,19,21). The van der Waals surface area contributed by atoms with Crippen molar-refractivity contribution in [2.24, 2.45) is 0 Å². The molecular formula is C16H17FN4O. The molecule has 1 aromatic heterocycles. The molecule has 114 valence electrons. The van der Waals surface area contributed by atoms with Gasteiger partial charge in [-0.3, -0.25) is 0 Å². The summed E-state index contributed by atoms with van der Waals surface area (Å²) < 4.78 is 18.7. The van der Waals surface area contributed by atoms with Gasteiger partial charge in [0.05, 0.1) is 18.8 Å². The van der Waals surface area contributed by atoms with E-state index in [0.717, 1.165) is 11.1 Å². The first-order chi connectivity index (χ1) is 10.5. The van der Waals surface area contributed by atoms with E-state index in [9.17, 15) is 9.65 Å². The Morgan fingerprint density at radius 1 is 1.32 bits per heavy atom. The second kappa shape index (κ2) is 6.39. The lowest BCUT2D eigenvalue weighted by Crippen LogP contribution is -2.12. The maximum absolute atomic E-state index is 13.8. The van der Waals surface area contributed by atoms with Crippen LogP contribution in [-0.2, 0) is 0 Å². The lowest BCUT2D eigenvalue weighted by Gasteiger charge is -2.17. The van der Waals surface area contributed by atoms with Crippen molar-refractivity contribution < 1.29 is 9.13 Å². The quantitative estimate of drug-likeness (QED) is 0.938. The number of aromatic nitrogens is 2. The molecule has 0 aliphatic heterocycles. The van der Waals surface area contributed by atoms with Crippen molar-refractivity contribution in [3.8, 4) is 11.8 Å². The van der Waals surface area contributed by atoms with E-state index >= 15 is 0 Å². The van der Waals surface area contributed by atoms with Crippen LogP contribution >= 0.6 is 0 Å². The first-order valence-electron chi connectivity index (χ1n) is 6.81. The Kier molecular flexibility index (Phi) is 4.56. The summed E-state index contributed by atoms with van der Waals surface area (Å²) in [7, 11) is 1.42. The molecule has 0 fully saturated rings. The van der Waals surface area contributed by atoms with Crippen LogP contribution in [0.15, 0.2) is 18.2 Å². The molecule has 5 nitrogen and oxygen atoms in total. The molecule has 6 heteroatoms. The number of hydrogen-bond donors (Lipinski definition) is 1. The number of ether oxygens (including phenoxy) is 1. The number of benzene rings is 1. The Morgan fingerprint density at radius 3 is 2.64 bits per heavy atom. The monoisotopic (exact) mass is 300 g/mol. The lowest BCUT2D eigenvalue weighted by atomic mass is 10.1. The smallest absolute Gasteiger partial charge is 0.167 e. The van der Waals surface area contributed by atoms with E-state index < -0.39 is 5.82 Å². The Labute approximate surface area is 128 Å². The molecule has 2 aromatic rings. The summed E-state index contributed by atoms with van der Waals surface area (Å²) >= 11 is 0. The van der Waals surface area contributed by atoms with Gasteiger partial charge < -0.3 is 10.1 Å². The molecule has 0 radical (unpaired) electrons. The SMILES string of the molecule is COc1ccc(C(C)Nc2nnc(C)c(C)c2C#N)cc1F. The maximum atomic E-state index is 13.8. The minimum absolute atomic E-state index is 0.194. The van der Waals surface area contributed by atoms with Crippen molar-refractivity contribution in [1.29, 1.82) is 5.26 Å². The summed E-state index contributed by atoms with van der Waals surface area (Å²) in [5.74, 6) is 0.161. The molecule has 0 amide bonds. The van der Waals surface area contributed by atoms with E-state index in [1.54, 1.807) is 19.1 Å². The molecule has 22 heavy (non-hydrogen) atoms. The predicted molar refractivity (Wildman–Crippen MR) is 81.2 cm³/mol. The summed E-state index contributed by atoms with van der Waals surface area (Å²) in [5.41, 5.74) is 2.67. The maximum Gasteiger partial charge on any atom is 0.167 e. The van der Waals surface area contributed by atoms with Gasteiger partial charge in [-0.15, -0.1) is 5.10 Å². The van der Waals surface area contributed by atoms with E-state index in [0.29, 0.717) is 17.1 Å². The van der Waals surface area contributed by atoms with Gasteiger partial charge in [-0.25, -0.2) is 4.39 Å². The van der Waals surface area contributed by atoms with Gasteiger partial charge in [-0.2, -0.15) is 10.4 Å². The molecule has 0 bridgehead atoms. The van der Waals surface area contributed by atoms with Crippen molar-refractivity contribution in [3.63, 3.8) is 0 Å². The fourth-order valence-corrected chi connectivity index (χ4v) is 2.09. The van der Waals surface area contributed by atoms with Crippen molar-refractivity contribution in [2.45, 2.75) is 26.8 Å². The minimum Gasteiger partial charge on any atom is -0.494 e. The molecule has 1 atom stereocenters. The number of rotatable bonds is 4. The highest BCUT2D eigenvalue weighted by atomic mass is 19.1. The number of anilines is 1. The fraction of sp³-hybridized carbons (Fsp3) is 0.312. The molecule has 1 heterocycles. The second-order valence-electron chi connectivity index (χ2n) is 5.01. The summed E-state index contributed by atoms with van der Waals surface area (Å²) in [6.07, 6.45) is 0. The van der Waals surface area contributed by atoms with E-state index in [1.165, 1.54) is 13.2 Å². The average molecular weight is 300 g/mol. The van der Waals surface area contributed by atoms with Gasteiger partial charge in [0.1, 0.15) is 11.6 Å². The van der Waals surface area contributed by atoms with Gasteiger partial charge >= 0.3 is 0 Å². The van der Waals surface area contributed by atoms with Crippen LogP contribution in [0, 0.1) is 31.0 Å². The Bertz CT molecular complexity index is 740. The number of halogens is 1. The van der Waals surface area contributed by atoms with E-state index in [2.05, 4.69) is 21.6 Å². The predicted octanol–water partition coefficient (Wildman–Crippen LogP) is 3.29. The zero-order chi connectivity index (χ0) is 16.3. The zero-order valence-corrected chi connectivity index (χ0v) is 12.9. The summed E-state index contributed by atoms with van der Waals surface area (Å²) in [6, 6.07) is 6.63. The lowest BCUT2D eigenvalue weighted by molar-refractivity contribution is 0.386. The van der Waals surface area contributed by atoms with Crippen LogP contribution in [-0.4, -0.2) is 17.3 Å². The zero-order valence-electron chi connectivity index (χ0n) is 12.9. The number of nitrogens with one attached hydrogen (secondary N) is 1. The van der Waals surface area contributed by atoms with Gasteiger partial charge in [0.2, 0.25) is 0 Å². The number of nitrogens with zero attached hydrogens (tertiary/aromatic N) is 3. The summed E-state index contributed by atoms with van der Waals surface area (Å²) in [6.45, 7) is 5.49. The molecule has 0 saturated heterocycles. The average Bonchev–Trinajstić information content (AvgIpc) is 2.51. The number of nitriles is 1. The van der Waals surface area contributed by atoms with Gasteiger partial charge in [0, 0.05) is 0 Å². The van der Waals surface area contributed by atoms with Crippen LogP contribution in [0.1, 0.15) is 35.3 Å². The number of aryl methyl sites for hydroxylation is 1. The first kappa shape index (κ1) is 15.7. The van der Waals surface area contributed by atoms with Crippen molar-refractivity contribution in [2.75, 3.05) is 12.4 Å². The third kappa shape index (κ3) is 2.98. The molecule has 0 aliphatic carbocycles. The third-order valence-corrected chi connectivity index (χ3v) is 3.60. The van der Waals surface area contributed by atoms with Crippen LogP contribution in [0.4, 0.5) is 10.2 Å². The van der Waals surface area contributed by atoms with Gasteiger partial charge in [0.15, 0.2) is 17.4 Å². The Morgan fingerprint density at radius 2 is 2.05 bits per heavy atom. The van der Waals surface area contributed by atoms with Crippen LogP contribution in [0.25, 0.3) is 0 Å². The fourth-order valence-electron chi connectivity index (χ4n) is 2.09. The highest BCUT2D eigenvalue weighted by Crippen LogP contribution is 2.25. The topological polar surface area (TPSA) is 70.8 Å². The van der Waals surface area contributed by atoms with Gasteiger partial charge in [-0.1, -0.05) is 6.07 Å². The largest absolute Gasteiger partial charge is 0.494 e. The van der Waals surface area contributed by atoms with Crippen LogP contribution < -0.4 is 10.1 Å². The van der Waals surface area contributed by atoms with E-state index in [-0.39, 0.29) is 11.8 Å². The highest BCUT2D eigenvalue weighted by Gasteiger charge is 2.15. The molecule has 2 rings (SSSR count). The number of methoxy groups -OCH3 is 1. The molecular weight excluding hydrogens is 283 g/mol. The molecule has 0 saturated carbocycles. The van der Waals surface area contributed by atoms with Crippen molar-refractivity contribution >= 4 is 5.82 Å². The molecule has 0 spiro atoms. The van der Waals surface area contributed by atoms with Crippen LogP contribution in [0.5, 0.6) is 5.75 Å². The highest BCUT2D eigenvalue weighted by molar-refractivity contribution is 5.56. The van der Waals surface area contributed by atoms with Gasteiger partial charge in [0.25, 0.3) is 0 Å². The van der Waals surface area contributed by atoms with Crippen LogP contribution in [0.3, 0.4) is 0 Å². The molecule has 0 aliphatic rings. The second-order valence-corrected chi connectivity index (χ2v) is 5.01. The summed E-state index contributed by atoms with van der Waals surface area (Å²) in [4.78, 5) is 0. The van der Waals surface area contributed by atoms with E-state index in [1.807, 2.05) is 13.8 Å². The Balaban J connectivity index is 2.30. The van der Waals surface area contributed by atoms with Crippen molar-refractivity contribution in [3.05, 3.63) is 46.4 Å². The normalized spacial score (nSPS) is 11.6. The van der Waals surface area contributed by atoms with E-state index in [4.69, 9.17) is 4.74 Å². The van der Waals surface area contributed by atoms with Crippen molar-refractivity contribution in [1.82, 2.24) is 10.2 Å². The number of hydrogen-bond acceptors (Lipinski definition) is 5. The molecule has 1 aromatic carbocycles. The third-order valence-electron chi connectivity index (χ3n) is 3.60. The minimum atomic E-state index is -0.430. The van der Waals surface area contributed by atoms with Gasteiger partial charge in [-0.05, 0) is 44.0 Å². The summed E-state index contributed by atoms with van der Waals surface area (Å²) in [5, 5.41) is 20.4. The first-order valence-corrected chi connectivity index (χ1v) is 6.81. The van der Waals surface area contributed by atoms with Crippen LogP contribution in [0.2, 0.25) is 0 Å².